The topological polar surface area (TPSA) is 203 Å². The van der Waals surface area contributed by atoms with E-state index in [0.717, 1.165) is 12.2 Å². The van der Waals surface area contributed by atoms with Crippen LogP contribution in [0, 0.1) is 0 Å². The lowest BCUT2D eigenvalue weighted by Crippen LogP contribution is -2.15. The van der Waals surface area contributed by atoms with Crippen molar-refractivity contribution in [2.75, 3.05) is 26.4 Å². The second kappa shape index (κ2) is 24.1. The molecule has 0 aliphatic heterocycles. The van der Waals surface area contributed by atoms with Gasteiger partial charge in [0.15, 0.2) is 0 Å². The molecule has 0 N–H and O–H groups in total. The summed E-state index contributed by atoms with van der Waals surface area (Å²) in [6, 6.07) is 23.3. The molecular weight excluding hydrogens is 784 g/mol. The minimum Gasteiger partial charge on any atom is -0.463 e. The molecule has 0 aromatic heterocycles. The van der Waals surface area contributed by atoms with Crippen molar-refractivity contribution in [2.24, 2.45) is 0 Å². The first-order valence-electron chi connectivity index (χ1n) is 18.3. The summed E-state index contributed by atoms with van der Waals surface area (Å²) in [5.74, 6) is -3.80. The molecule has 4 aromatic rings. The molecule has 16 nitrogen and oxygen atoms in total. The molecule has 0 saturated heterocycles. The van der Waals surface area contributed by atoms with Crippen molar-refractivity contribution in [2.45, 2.75) is 32.3 Å². The first-order chi connectivity index (χ1) is 29.0. The van der Waals surface area contributed by atoms with Crippen LogP contribution in [-0.2, 0) is 39.9 Å². The highest BCUT2D eigenvalue weighted by Crippen LogP contribution is 2.28. The number of ether oxygens (including phenoxy) is 9. The molecule has 0 spiro atoms. The number of hydrogen-bond donors (Lipinski definition) is 0. The van der Waals surface area contributed by atoms with E-state index in [2.05, 4.69) is 13.2 Å². The molecule has 312 valence electrons. The highest BCUT2D eigenvalue weighted by molar-refractivity contribution is 5.97. The summed E-state index contributed by atoms with van der Waals surface area (Å²) in [6.45, 7) is 6.83. The van der Waals surface area contributed by atoms with Crippen molar-refractivity contribution in [1.82, 2.24) is 0 Å². The zero-order valence-corrected chi connectivity index (χ0v) is 32.2. The fourth-order valence-electron chi connectivity index (χ4n) is 4.70. The summed E-state index contributed by atoms with van der Waals surface area (Å²) in [7, 11) is 0. The predicted molar refractivity (Wildman–Crippen MR) is 210 cm³/mol. The Morgan fingerprint density at radius 3 is 1.38 bits per heavy atom. The fraction of sp³-hybridized carbons (Fsp3) is 0.205. The van der Waals surface area contributed by atoms with E-state index in [9.17, 15) is 33.6 Å². The predicted octanol–water partition coefficient (Wildman–Crippen LogP) is 7.53. The first kappa shape index (κ1) is 45.0. The van der Waals surface area contributed by atoms with Crippen LogP contribution in [0.4, 0.5) is 9.59 Å². The Kier molecular flexibility index (Phi) is 18.1. The lowest BCUT2D eigenvalue weighted by Gasteiger charge is -2.13. The van der Waals surface area contributed by atoms with Gasteiger partial charge in [0.05, 0.1) is 37.6 Å². The van der Waals surface area contributed by atoms with Crippen molar-refractivity contribution in [3.05, 3.63) is 145 Å². The van der Waals surface area contributed by atoms with Gasteiger partial charge < -0.3 is 42.6 Å². The summed E-state index contributed by atoms with van der Waals surface area (Å²) < 4.78 is 46.4. The van der Waals surface area contributed by atoms with Crippen LogP contribution in [0.25, 0.3) is 0 Å². The van der Waals surface area contributed by atoms with Gasteiger partial charge in [-0.1, -0.05) is 43.5 Å². The van der Waals surface area contributed by atoms with Crippen LogP contribution in [0.15, 0.2) is 122 Å². The molecule has 0 bridgehead atoms. The van der Waals surface area contributed by atoms with E-state index in [1.165, 1.54) is 66.7 Å². The van der Waals surface area contributed by atoms with E-state index in [4.69, 9.17) is 42.6 Å². The van der Waals surface area contributed by atoms with E-state index < -0.39 is 42.2 Å². The van der Waals surface area contributed by atoms with Gasteiger partial charge >= 0.3 is 42.2 Å². The van der Waals surface area contributed by atoms with E-state index in [1.807, 2.05) is 0 Å². The van der Waals surface area contributed by atoms with Gasteiger partial charge in [-0.3, -0.25) is 0 Å². The number of unbranched alkanes of at least 4 members (excludes halogenated alkanes) is 2. The molecule has 0 fully saturated rings. The molecule has 4 aromatic carbocycles. The third-order valence-electron chi connectivity index (χ3n) is 7.72. The zero-order valence-electron chi connectivity index (χ0n) is 32.2. The molecule has 0 unspecified atom stereocenters. The number of benzene rings is 4. The van der Waals surface area contributed by atoms with E-state index >= 15 is 0 Å². The average Bonchev–Trinajstić information content (AvgIpc) is 3.26. The highest BCUT2D eigenvalue weighted by Gasteiger charge is 2.21. The van der Waals surface area contributed by atoms with Crippen LogP contribution in [0.2, 0.25) is 0 Å². The van der Waals surface area contributed by atoms with Gasteiger partial charge in [-0.25, -0.2) is 33.6 Å². The number of rotatable bonds is 21. The Bertz CT molecular complexity index is 2130. The normalized spacial score (nSPS) is 10.2. The Labute approximate surface area is 344 Å². The lowest BCUT2D eigenvalue weighted by atomic mass is 10.1. The van der Waals surface area contributed by atoms with E-state index in [0.29, 0.717) is 31.2 Å². The van der Waals surface area contributed by atoms with Crippen LogP contribution in [0.3, 0.4) is 0 Å². The minimum absolute atomic E-state index is 0.0216. The number of esters is 5. The third kappa shape index (κ3) is 15.7. The van der Waals surface area contributed by atoms with Gasteiger partial charge in [0.2, 0.25) is 0 Å². The zero-order chi connectivity index (χ0) is 43.1. The standard InChI is InChI=1S/C44H40O16/c1-3-38(45)52-24-8-10-26-54-43(50)58-33-18-14-31(15-19-33)40(47)57-35-22-23-37(36(28-35)42(49)56-29-30-12-6-5-7-13-30)60-41(48)32-16-20-34(21-17-32)59-44(51)55-27-11-9-25-53-39(46)4-2/h3-7,12-23,28H,1-2,8-11,24-27,29H2. The largest absolute Gasteiger partial charge is 0.513 e. The molecule has 0 heterocycles. The highest BCUT2D eigenvalue weighted by atomic mass is 16.7. The van der Waals surface area contributed by atoms with Gasteiger partial charge in [0.1, 0.15) is 35.2 Å². The Balaban J connectivity index is 1.34. The van der Waals surface area contributed by atoms with Crippen LogP contribution >= 0.6 is 0 Å². The van der Waals surface area contributed by atoms with Crippen molar-refractivity contribution < 1.29 is 76.2 Å². The van der Waals surface area contributed by atoms with E-state index in [1.54, 1.807) is 30.3 Å². The number of carbonyl (C=O) groups excluding carboxylic acids is 7. The third-order valence-corrected chi connectivity index (χ3v) is 7.72. The molecule has 0 amide bonds. The monoisotopic (exact) mass is 824 g/mol. The molecule has 0 radical (unpaired) electrons. The molecule has 4 rings (SSSR count). The lowest BCUT2D eigenvalue weighted by molar-refractivity contribution is -0.138. The Hall–Kier alpha value is -7.75. The quantitative estimate of drug-likeness (QED) is 0.0199. The molecule has 60 heavy (non-hydrogen) atoms. The minimum atomic E-state index is -0.980. The van der Waals surface area contributed by atoms with Gasteiger partial charge in [-0.05, 0) is 98.0 Å². The maximum absolute atomic E-state index is 13.3. The van der Waals surface area contributed by atoms with Crippen LogP contribution < -0.4 is 18.9 Å². The number of hydrogen-bond acceptors (Lipinski definition) is 16. The maximum atomic E-state index is 13.3. The van der Waals surface area contributed by atoms with Crippen LogP contribution in [-0.4, -0.2) is 68.6 Å². The molecule has 0 atom stereocenters. The summed E-state index contributed by atoms with van der Waals surface area (Å²) >= 11 is 0. The van der Waals surface area contributed by atoms with Crippen molar-refractivity contribution in [3.8, 4) is 23.0 Å². The molecule has 16 heteroatoms. The second-order valence-corrected chi connectivity index (χ2v) is 12.1. The fourth-order valence-corrected chi connectivity index (χ4v) is 4.70. The Morgan fingerprint density at radius 2 is 0.900 bits per heavy atom. The molecule has 0 aliphatic rings. The second-order valence-electron chi connectivity index (χ2n) is 12.1. The first-order valence-corrected chi connectivity index (χ1v) is 18.3. The average molecular weight is 825 g/mol. The number of carbonyl (C=O) groups is 7. The van der Waals surface area contributed by atoms with Crippen LogP contribution in [0.5, 0.6) is 23.0 Å². The SMILES string of the molecule is C=CC(=O)OCCCCOC(=O)Oc1ccc(C(=O)Oc2ccc(OC(=O)c3ccc(OC(=O)OCCCCOC(=O)C=C)cc3)c(C(=O)OCc3ccccc3)c2)cc1. The molecule has 0 aliphatic carbocycles. The van der Waals surface area contributed by atoms with Crippen molar-refractivity contribution in [1.29, 1.82) is 0 Å². The van der Waals surface area contributed by atoms with Crippen molar-refractivity contribution >= 4 is 42.2 Å². The van der Waals surface area contributed by atoms with Gasteiger partial charge in [-0.15, -0.1) is 0 Å². The van der Waals surface area contributed by atoms with E-state index in [-0.39, 0.29) is 72.7 Å². The summed E-state index contributed by atoms with van der Waals surface area (Å²) in [6.07, 6.45) is 1.91. The van der Waals surface area contributed by atoms with Crippen molar-refractivity contribution in [3.63, 3.8) is 0 Å². The molecular formula is C44H40O16. The maximum Gasteiger partial charge on any atom is 0.513 e. The van der Waals surface area contributed by atoms with Gasteiger partial charge in [-0.2, -0.15) is 0 Å². The van der Waals surface area contributed by atoms with Crippen LogP contribution in [0.1, 0.15) is 62.3 Å². The smallest absolute Gasteiger partial charge is 0.463 e. The summed E-state index contributed by atoms with van der Waals surface area (Å²) in [5, 5.41) is 0. The summed E-state index contributed by atoms with van der Waals surface area (Å²) in [5.41, 5.74) is 0.562. The Morgan fingerprint density at radius 1 is 0.450 bits per heavy atom. The molecule has 0 saturated carbocycles. The summed E-state index contributed by atoms with van der Waals surface area (Å²) in [4.78, 5) is 85.7. The van der Waals surface area contributed by atoms with Gasteiger partial charge in [0, 0.05) is 12.2 Å². The van der Waals surface area contributed by atoms with Gasteiger partial charge in [0.25, 0.3) is 0 Å².